The number of hydrogen-bond donors (Lipinski definition) is 2. The van der Waals surface area contributed by atoms with Crippen molar-refractivity contribution in [1.82, 2.24) is 9.80 Å². The molecule has 1 fully saturated rings. The van der Waals surface area contributed by atoms with Crippen LogP contribution in [-0.4, -0.2) is 56.1 Å². The summed E-state index contributed by atoms with van der Waals surface area (Å²) in [5.74, 6) is -0.299. The maximum Gasteiger partial charge on any atom is 0.125 e. The van der Waals surface area contributed by atoms with Crippen LogP contribution < -0.4 is 11.1 Å². The quantitative estimate of drug-likeness (QED) is 0.790. The predicted molar refractivity (Wildman–Crippen MR) is 73.2 cm³/mol. The average Bonchev–Trinajstić information content (AvgIpc) is 2.32. The van der Waals surface area contributed by atoms with Gasteiger partial charge in [0.25, 0.3) is 0 Å². The number of nitrogens with two attached hydrogens (primary N) is 1. The van der Waals surface area contributed by atoms with Gasteiger partial charge in [-0.05, 0) is 32.3 Å². The number of rotatable bonds is 3. The summed E-state index contributed by atoms with van der Waals surface area (Å²) in [6.45, 7) is 4.02. The number of benzene rings is 1. The normalized spacial score (nSPS) is 22.1. The summed E-state index contributed by atoms with van der Waals surface area (Å²) in [6.07, 6.45) is 0. The third kappa shape index (κ3) is 3.11. The van der Waals surface area contributed by atoms with Gasteiger partial charge in [0.05, 0.1) is 11.4 Å². The van der Waals surface area contributed by atoms with Gasteiger partial charge in [-0.1, -0.05) is 0 Å². The van der Waals surface area contributed by atoms with Crippen molar-refractivity contribution in [2.45, 2.75) is 6.04 Å². The molecule has 0 radical (unpaired) electrons. The van der Waals surface area contributed by atoms with E-state index < -0.39 is 0 Å². The minimum Gasteiger partial charge on any atom is -0.397 e. The molecular weight excluding hydrogens is 231 g/mol. The van der Waals surface area contributed by atoms with Crippen molar-refractivity contribution in [3.8, 4) is 0 Å². The number of piperazine rings is 1. The predicted octanol–water partition coefficient (Wildman–Crippen LogP) is 1.07. The summed E-state index contributed by atoms with van der Waals surface area (Å²) in [6, 6.07) is 4.92. The summed E-state index contributed by atoms with van der Waals surface area (Å²) in [5.41, 5.74) is 7.04. The van der Waals surface area contributed by atoms with Crippen molar-refractivity contribution < 1.29 is 4.39 Å². The maximum absolute atomic E-state index is 12.9. The highest BCUT2D eigenvalue weighted by Crippen LogP contribution is 2.19. The third-order valence-electron chi connectivity index (χ3n) is 3.52. The number of halogens is 1. The Morgan fingerprint density at radius 3 is 2.89 bits per heavy atom. The molecule has 0 aromatic heterocycles. The lowest BCUT2D eigenvalue weighted by Crippen LogP contribution is -2.52. The number of nitrogen functional groups attached to an aromatic ring is 1. The van der Waals surface area contributed by atoms with E-state index in [4.69, 9.17) is 5.73 Å². The van der Waals surface area contributed by atoms with E-state index in [0.717, 1.165) is 31.9 Å². The van der Waals surface area contributed by atoms with Crippen LogP contribution in [-0.2, 0) is 0 Å². The van der Waals surface area contributed by atoms with Crippen LogP contribution in [0.1, 0.15) is 0 Å². The molecule has 1 atom stereocenters. The van der Waals surface area contributed by atoms with Gasteiger partial charge in [-0.2, -0.15) is 0 Å². The standard InChI is InChI=1S/C13H21FN4/c1-17-5-6-18(2)11(9-17)8-16-13-4-3-10(14)7-12(13)15/h3-4,7,11,16H,5-6,8-9,15H2,1-2H3. The Labute approximate surface area is 108 Å². The van der Waals surface area contributed by atoms with Gasteiger partial charge in [0.2, 0.25) is 0 Å². The number of likely N-dealkylation sites (N-methyl/N-ethyl adjacent to an activating group) is 2. The van der Waals surface area contributed by atoms with Gasteiger partial charge in [-0.25, -0.2) is 4.39 Å². The molecule has 1 aromatic rings. The van der Waals surface area contributed by atoms with Gasteiger partial charge in [0, 0.05) is 32.2 Å². The van der Waals surface area contributed by atoms with Gasteiger partial charge in [0.1, 0.15) is 5.82 Å². The Balaban J connectivity index is 1.94. The first-order valence-corrected chi connectivity index (χ1v) is 6.24. The molecule has 0 amide bonds. The van der Waals surface area contributed by atoms with E-state index in [1.54, 1.807) is 6.07 Å². The molecule has 0 aliphatic carbocycles. The second-order valence-corrected chi connectivity index (χ2v) is 5.01. The maximum atomic E-state index is 12.9. The van der Waals surface area contributed by atoms with Crippen molar-refractivity contribution in [2.24, 2.45) is 0 Å². The number of nitrogens with zero attached hydrogens (tertiary/aromatic N) is 2. The van der Waals surface area contributed by atoms with Crippen LogP contribution in [0.2, 0.25) is 0 Å². The van der Waals surface area contributed by atoms with Gasteiger partial charge >= 0.3 is 0 Å². The lowest BCUT2D eigenvalue weighted by atomic mass is 10.1. The highest BCUT2D eigenvalue weighted by molar-refractivity contribution is 5.65. The average molecular weight is 252 g/mol. The minimum absolute atomic E-state index is 0.299. The van der Waals surface area contributed by atoms with E-state index in [2.05, 4.69) is 29.2 Å². The van der Waals surface area contributed by atoms with E-state index >= 15 is 0 Å². The molecule has 0 spiro atoms. The van der Waals surface area contributed by atoms with Crippen LogP contribution in [0.3, 0.4) is 0 Å². The molecule has 1 unspecified atom stereocenters. The van der Waals surface area contributed by atoms with Gasteiger partial charge < -0.3 is 16.0 Å². The van der Waals surface area contributed by atoms with Crippen molar-refractivity contribution in [2.75, 3.05) is 51.3 Å². The van der Waals surface area contributed by atoms with E-state index in [1.807, 2.05) is 0 Å². The minimum atomic E-state index is -0.299. The Hall–Kier alpha value is -1.33. The Morgan fingerprint density at radius 2 is 2.17 bits per heavy atom. The molecule has 0 bridgehead atoms. The Kier molecular flexibility index (Phi) is 4.04. The fourth-order valence-electron chi connectivity index (χ4n) is 2.24. The van der Waals surface area contributed by atoms with Crippen LogP contribution in [0.25, 0.3) is 0 Å². The molecule has 18 heavy (non-hydrogen) atoms. The molecule has 3 N–H and O–H groups in total. The van der Waals surface area contributed by atoms with E-state index in [-0.39, 0.29) is 5.82 Å². The van der Waals surface area contributed by atoms with E-state index in [0.29, 0.717) is 11.7 Å². The molecule has 1 aliphatic rings. The van der Waals surface area contributed by atoms with Crippen molar-refractivity contribution in [3.05, 3.63) is 24.0 Å². The number of nitrogens with one attached hydrogen (secondary N) is 1. The smallest absolute Gasteiger partial charge is 0.125 e. The monoisotopic (exact) mass is 252 g/mol. The van der Waals surface area contributed by atoms with Crippen LogP contribution >= 0.6 is 0 Å². The van der Waals surface area contributed by atoms with Crippen LogP contribution in [0.5, 0.6) is 0 Å². The van der Waals surface area contributed by atoms with E-state index in [9.17, 15) is 4.39 Å². The van der Waals surface area contributed by atoms with Gasteiger partial charge in [0.15, 0.2) is 0 Å². The molecule has 1 aliphatic heterocycles. The summed E-state index contributed by atoms with van der Waals surface area (Å²) in [7, 11) is 4.26. The second kappa shape index (κ2) is 5.54. The molecule has 1 heterocycles. The SMILES string of the molecule is CN1CCN(C)C(CNc2ccc(F)cc2N)C1. The molecule has 5 heteroatoms. The van der Waals surface area contributed by atoms with Crippen molar-refractivity contribution >= 4 is 11.4 Å². The zero-order chi connectivity index (χ0) is 13.1. The first-order valence-electron chi connectivity index (χ1n) is 6.24. The van der Waals surface area contributed by atoms with Crippen molar-refractivity contribution in [3.63, 3.8) is 0 Å². The highest BCUT2D eigenvalue weighted by atomic mass is 19.1. The van der Waals surface area contributed by atoms with Crippen molar-refractivity contribution in [1.29, 1.82) is 0 Å². The second-order valence-electron chi connectivity index (χ2n) is 5.01. The van der Waals surface area contributed by atoms with Crippen LogP contribution in [0, 0.1) is 5.82 Å². The first kappa shape index (κ1) is 13.1. The zero-order valence-corrected chi connectivity index (χ0v) is 11.0. The highest BCUT2D eigenvalue weighted by Gasteiger charge is 2.21. The molecular formula is C13H21FN4. The summed E-state index contributed by atoms with van der Waals surface area (Å²) in [5, 5.41) is 3.30. The lowest BCUT2D eigenvalue weighted by molar-refractivity contribution is 0.122. The summed E-state index contributed by atoms with van der Waals surface area (Å²) < 4.78 is 12.9. The molecule has 100 valence electrons. The Bertz CT molecular complexity index is 410. The lowest BCUT2D eigenvalue weighted by Gasteiger charge is -2.38. The fraction of sp³-hybridized carbons (Fsp3) is 0.538. The number of anilines is 2. The van der Waals surface area contributed by atoms with E-state index in [1.165, 1.54) is 12.1 Å². The summed E-state index contributed by atoms with van der Waals surface area (Å²) >= 11 is 0. The molecule has 2 rings (SSSR count). The molecule has 0 saturated carbocycles. The van der Waals surface area contributed by atoms with Crippen LogP contribution in [0.15, 0.2) is 18.2 Å². The number of hydrogen-bond acceptors (Lipinski definition) is 4. The van der Waals surface area contributed by atoms with Gasteiger partial charge in [-0.15, -0.1) is 0 Å². The Morgan fingerprint density at radius 1 is 1.39 bits per heavy atom. The topological polar surface area (TPSA) is 44.5 Å². The van der Waals surface area contributed by atoms with Gasteiger partial charge in [-0.3, -0.25) is 4.90 Å². The third-order valence-corrected chi connectivity index (χ3v) is 3.52. The fourth-order valence-corrected chi connectivity index (χ4v) is 2.24. The summed E-state index contributed by atoms with van der Waals surface area (Å²) in [4.78, 5) is 4.66. The first-order chi connectivity index (χ1) is 8.56. The molecule has 1 aromatic carbocycles. The molecule has 4 nitrogen and oxygen atoms in total. The molecule has 1 saturated heterocycles. The largest absolute Gasteiger partial charge is 0.397 e. The zero-order valence-electron chi connectivity index (χ0n) is 11.0. The van der Waals surface area contributed by atoms with Crippen LogP contribution in [0.4, 0.5) is 15.8 Å².